The van der Waals surface area contributed by atoms with Crippen LogP contribution in [0, 0.1) is 11.8 Å². The first-order chi connectivity index (χ1) is 11.7. The molecule has 0 aromatic heterocycles. The van der Waals surface area contributed by atoms with E-state index in [-0.39, 0.29) is 5.92 Å². The van der Waals surface area contributed by atoms with E-state index in [4.69, 9.17) is 0 Å². The monoisotopic (exact) mass is 325 g/mol. The summed E-state index contributed by atoms with van der Waals surface area (Å²) < 4.78 is 0. The van der Waals surface area contributed by atoms with Crippen molar-refractivity contribution in [3.05, 3.63) is 48.0 Å². The van der Waals surface area contributed by atoms with Gasteiger partial charge >= 0.3 is 5.97 Å². The molecule has 24 heavy (non-hydrogen) atoms. The standard InChI is InChI=1S/C21H27NO2/c1-2-3-10-20(21(23)24)17-12-18(13-17)22-14-16-9-6-8-15-7-4-5-11-19(15)16/h4-9,11,17-18,20,22H,2-3,10,12-14H2,1H3,(H,23,24). The van der Waals surface area contributed by atoms with Crippen LogP contribution in [0.25, 0.3) is 10.8 Å². The maximum Gasteiger partial charge on any atom is 0.306 e. The molecule has 0 radical (unpaired) electrons. The summed E-state index contributed by atoms with van der Waals surface area (Å²) >= 11 is 0. The third-order valence-corrected chi connectivity index (χ3v) is 5.39. The molecular weight excluding hydrogens is 298 g/mol. The second-order valence-electron chi connectivity index (χ2n) is 7.03. The highest BCUT2D eigenvalue weighted by molar-refractivity contribution is 5.85. The molecule has 0 saturated heterocycles. The summed E-state index contributed by atoms with van der Waals surface area (Å²) in [6, 6.07) is 15.3. The Morgan fingerprint density at radius 2 is 1.96 bits per heavy atom. The van der Waals surface area contributed by atoms with E-state index in [1.165, 1.54) is 16.3 Å². The molecule has 3 rings (SSSR count). The van der Waals surface area contributed by atoms with E-state index >= 15 is 0 Å². The highest BCUT2D eigenvalue weighted by Gasteiger charge is 2.37. The van der Waals surface area contributed by atoms with Crippen molar-refractivity contribution in [3.8, 4) is 0 Å². The Morgan fingerprint density at radius 1 is 1.21 bits per heavy atom. The first kappa shape index (κ1) is 17.0. The van der Waals surface area contributed by atoms with Crippen LogP contribution in [0.3, 0.4) is 0 Å². The van der Waals surface area contributed by atoms with Crippen LogP contribution in [-0.4, -0.2) is 17.1 Å². The average Bonchev–Trinajstić information content (AvgIpc) is 2.55. The molecule has 0 spiro atoms. The highest BCUT2D eigenvalue weighted by atomic mass is 16.4. The van der Waals surface area contributed by atoms with Crippen LogP contribution in [0.4, 0.5) is 0 Å². The lowest BCUT2D eigenvalue weighted by molar-refractivity contribution is -0.145. The molecule has 0 heterocycles. The molecule has 128 valence electrons. The minimum Gasteiger partial charge on any atom is -0.481 e. The summed E-state index contributed by atoms with van der Waals surface area (Å²) in [6.45, 7) is 2.97. The highest BCUT2D eigenvalue weighted by Crippen LogP contribution is 2.37. The van der Waals surface area contributed by atoms with E-state index in [0.717, 1.165) is 38.6 Å². The Labute approximate surface area is 144 Å². The van der Waals surface area contributed by atoms with Crippen molar-refractivity contribution < 1.29 is 9.90 Å². The zero-order chi connectivity index (χ0) is 16.9. The Kier molecular flexibility index (Phi) is 5.52. The van der Waals surface area contributed by atoms with Crippen LogP contribution < -0.4 is 5.32 Å². The number of carboxylic acids is 1. The minimum absolute atomic E-state index is 0.152. The lowest BCUT2D eigenvalue weighted by Gasteiger charge is -2.39. The third kappa shape index (κ3) is 3.78. The average molecular weight is 325 g/mol. The van der Waals surface area contributed by atoms with Crippen molar-refractivity contribution in [2.75, 3.05) is 0 Å². The summed E-state index contributed by atoms with van der Waals surface area (Å²) in [4.78, 5) is 11.5. The van der Waals surface area contributed by atoms with Gasteiger partial charge in [0.05, 0.1) is 5.92 Å². The molecule has 3 nitrogen and oxygen atoms in total. The fourth-order valence-electron chi connectivity index (χ4n) is 3.84. The van der Waals surface area contributed by atoms with Gasteiger partial charge in [-0.25, -0.2) is 0 Å². The summed E-state index contributed by atoms with van der Waals surface area (Å²) in [5.74, 6) is -0.416. The Bertz CT molecular complexity index is 686. The number of fused-ring (bicyclic) bond motifs is 1. The smallest absolute Gasteiger partial charge is 0.306 e. The number of carbonyl (C=O) groups is 1. The summed E-state index contributed by atoms with van der Waals surface area (Å²) in [5, 5.41) is 15.6. The number of hydrogen-bond acceptors (Lipinski definition) is 2. The molecule has 0 amide bonds. The first-order valence-electron chi connectivity index (χ1n) is 9.12. The maximum absolute atomic E-state index is 11.5. The van der Waals surface area contributed by atoms with E-state index in [1.807, 2.05) is 0 Å². The van der Waals surface area contributed by atoms with Crippen LogP contribution in [0.5, 0.6) is 0 Å². The quantitative estimate of drug-likeness (QED) is 0.746. The fourth-order valence-corrected chi connectivity index (χ4v) is 3.84. The van der Waals surface area contributed by atoms with E-state index < -0.39 is 5.97 Å². The largest absolute Gasteiger partial charge is 0.481 e. The number of rotatable bonds is 8. The van der Waals surface area contributed by atoms with Crippen molar-refractivity contribution in [3.63, 3.8) is 0 Å². The zero-order valence-corrected chi connectivity index (χ0v) is 14.4. The summed E-state index contributed by atoms with van der Waals surface area (Å²) in [5.41, 5.74) is 1.32. The topological polar surface area (TPSA) is 49.3 Å². The van der Waals surface area contributed by atoms with E-state index in [2.05, 4.69) is 54.7 Å². The van der Waals surface area contributed by atoms with Crippen LogP contribution in [-0.2, 0) is 11.3 Å². The third-order valence-electron chi connectivity index (χ3n) is 5.39. The molecule has 2 aromatic carbocycles. The number of unbranched alkanes of at least 4 members (excludes halogenated alkanes) is 1. The van der Waals surface area contributed by atoms with Crippen molar-refractivity contribution >= 4 is 16.7 Å². The molecule has 1 aliphatic rings. The molecule has 3 heteroatoms. The first-order valence-corrected chi connectivity index (χ1v) is 9.12. The molecule has 1 saturated carbocycles. The fraction of sp³-hybridized carbons (Fsp3) is 0.476. The summed E-state index contributed by atoms with van der Waals surface area (Å²) in [7, 11) is 0. The van der Waals surface area contributed by atoms with Gasteiger partial charge in [-0.2, -0.15) is 0 Å². The zero-order valence-electron chi connectivity index (χ0n) is 14.4. The lowest BCUT2D eigenvalue weighted by atomic mass is 9.70. The van der Waals surface area contributed by atoms with Gasteiger partial charge in [0.15, 0.2) is 0 Å². The van der Waals surface area contributed by atoms with Gasteiger partial charge in [-0.15, -0.1) is 0 Å². The van der Waals surface area contributed by atoms with Gasteiger partial charge in [-0.1, -0.05) is 62.2 Å². The number of aliphatic carboxylic acids is 1. The Balaban J connectivity index is 1.53. The van der Waals surface area contributed by atoms with Crippen molar-refractivity contribution in [2.45, 2.75) is 51.6 Å². The van der Waals surface area contributed by atoms with Crippen LogP contribution in [0.15, 0.2) is 42.5 Å². The van der Waals surface area contributed by atoms with Crippen LogP contribution in [0.1, 0.15) is 44.6 Å². The van der Waals surface area contributed by atoms with E-state index in [0.29, 0.717) is 12.0 Å². The molecule has 2 N–H and O–H groups in total. The molecule has 0 bridgehead atoms. The second-order valence-corrected chi connectivity index (χ2v) is 7.03. The number of carboxylic acid groups (broad SMARTS) is 1. The lowest BCUT2D eigenvalue weighted by Crippen LogP contribution is -2.45. The number of benzene rings is 2. The van der Waals surface area contributed by atoms with E-state index in [1.54, 1.807) is 0 Å². The van der Waals surface area contributed by atoms with Crippen molar-refractivity contribution in [2.24, 2.45) is 11.8 Å². The van der Waals surface area contributed by atoms with Gasteiger partial charge in [-0.05, 0) is 41.5 Å². The SMILES string of the molecule is CCCCC(C(=O)O)C1CC(NCc2cccc3ccccc23)C1. The Hall–Kier alpha value is -1.87. The van der Waals surface area contributed by atoms with Gasteiger partial charge in [0.2, 0.25) is 0 Å². The minimum atomic E-state index is -0.610. The number of nitrogens with one attached hydrogen (secondary N) is 1. The maximum atomic E-state index is 11.5. The molecule has 1 atom stereocenters. The Morgan fingerprint density at radius 3 is 2.71 bits per heavy atom. The second kappa shape index (κ2) is 7.80. The van der Waals surface area contributed by atoms with Crippen molar-refractivity contribution in [1.82, 2.24) is 5.32 Å². The molecular formula is C21H27NO2. The molecule has 1 fully saturated rings. The molecule has 0 aliphatic heterocycles. The van der Waals surface area contributed by atoms with Gasteiger partial charge in [0, 0.05) is 12.6 Å². The van der Waals surface area contributed by atoms with Gasteiger partial charge in [0.1, 0.15) is 0 Å². The predicted octanol–water partition coefficient (Wildman–Crippen LogP) is 4.60. The van der Waals surface area contributed by atoms with Gasteiger partial charge in [0.25, 0.3) is 0 Å². The molecule has 1 unspecified atom stereocenters. The molecule has 2 aromatic rings. The van der Waals surface area contributed by atoms with Crippen LogP contribution in [0.2, 0.25) is 0 Å². The van der Waals surface area contributed by atoms with Gasteiger partial charge in [-0.3, -0.25) is 4.79 Å². The molecule has 1 aliphatic carbocycles. The van der Waals surface area contributed by atoms with E-state index in [9.17, 15) is 9.90 Å². The predicted molar refractivity (Wildman–Crippen MR) is 98.0 cm³/mol. The number of hydrogen-bond donors (Lipinski definition) is 2. The summed E-state index contributed by atoms with van der Waals surface area (Å²) in [6.07, 6.45) is 4.89. The normalized spacial score (nSPS) is 21.4. The van der Waals surface area contributed by atoms with Crippen LogP contribution >= 0.6 is 0 Å². The van der Waals surface area contributed by atoms with Gasteiger partial charge < -0.3 is 10.4 Å². The van der Waals surface area contributed by atoms with Crippen molar-refractivity contribution in [1.29, 1.82) is 0 Å².